The Labute approximate surface area is 118 Å². The molecule has 0 unspecified atom stereocenters. The minimum Gasteiger partial charge on any atom is -0.466 e. The number of imidazole rings is 1. The van der Waals surface area contributed by atoms with Gasteiger partial charge in [-0.2, -0.15) is 0 Å². The smallest absolute Gasteiger partial charge is 0.144 e. The third-order valence-electron chi connectivity index (χ3n) is 4.00. The van der Waals surface area contributed by atoms with Crippen molar-refractivity contribution in [3.05, 3.63) is 40.8 Å². The largest absolute Gasteiger partial charge is 0.466 e. The third kappa shape index (κ3) is 1.68. The van der Waals surface area contributed by atoms with Gasteiger partial charge in [-0.1, -0.05) is 12.1 Å². The van der Waals surface area contributed by atoms with Crippen molar-refractivity contribution in [3.63, 3.8) is 0 Å². The van der Waals surface area contributed by atoms with E-state index in [2.05, 4.69) is 17.6 Å². The molecule has 3 rings (SSSR count). The van der Waals surface area contributed by atoms with E-state index >= 15 is 0 Å². The van der Waals surface area contributed by atoms with Crippen LogP contribution in [-0.4, -0.2) is 9.55 Å². The number of aryl methyl sites for hydroxylation is 3. The minimum atomic E-state index is 0.496. The predicted molar refractivity (Wildman–Crippen MR) is 80.5 cm³/mol. The molecule has 4 nitrogen and oxygen atoms in total. The number of fused-ring (bicyclic) bond motifs is 1. The molecule has 0 spiro atoms. The van der Waals surface area contributed by atoms with Gasteiger partial charge in [0.25, 0.3) is 0 Å². The summed E-state index contributed by atoms with van der Waals surface area (Å²) in [7, 11) is 2.03. The normalized spacial score (nSPS) is 11.4. The van der Waals surface area contributed by atoms with Crippen molar-refractivity contribution in [2.24, 2.45) is 12.8 Å². The molecule has 0 aliphatic rings. The summed E-state index contributed by atoms with van der Waals surface area (Å²) >= 11 is 0. The van der Waals surface area contributed by atoms with E-state index < -0.39 is 0 Å². The van der Waals surface area contributed by atoms with E-state index in [-0.39, 0.29) is 0 Å². The van der Waals surface area contributed by atoms with Crippen molar-refractivity contribution in [1.82, 2.24) is 9.55 Å². The minimum absolute atomic E-state index is 0.496. The summed E-state index contributed by atoms with van der Waals surface area (Å²) in [6.45, 7) is 6.54. The number of benzene rings is 1. The molecule has 0 aliphatic carbocycles. The molecule has 1 aromatic carbocycles. The Kier molecular flexibility index (Phi) is 2.91. The zero-order valence-corrected chi connectivity index (χ0v) is 12.3. The van der Waals surface area contributed by atoms with Gasteiger partial charge in [0.2, 0.25) is 0 Å². The molecule has 2 aromatic heterocycles. The second kappa shape index (κ2) is 4.49. The van der Waals surface area contributed by atoms with Crippen LogP contribution < -0.4 is 5.73 Å². The molecule has 0 fully saturated rings. The molecular formula is C16H19N3O. The first-order valence-corrected chi connectivity index (χ1v) is 6.76. The maximum Gasteiger partial charge on any atom is 0.144 e. The Balaban J connectivity index is 2.35. The SMILES string of the molecule is Cc1oc(C)c(-c2nc3c(CN)cccc3n2C)c1C. The lowest BCUT2D eigenvalue weighted by Crippen LogP contribution is -1.97. The van der Waals surface area contributed by atoms with Gasteiger partial charge in [-0.3, -0.25) is 0 Å². The molecule has 0 radical (unpaired) electrons. The number of hydrogen-bond acceptors (Lipinski definition) is 3. The van der Waals surface area contributed by atoms with Gasteiger partial charge in [0.05, 0.1) is 16.6 Å². The highest BCUT2D eigenvalue weighted by atomic mass is 16.3. The van der Waals surface area contributed by atoms with Crippen molar-refractivity contribution in [3.8, 4) is 11.4 Å². The zero-order chi connectivity index (χ0) is 14.4. The number of para-hydroxylation sites is 1. The number of nitrogens with zero attached hydrogens (tertiary/aromatic N) is 2. The molecule has 0 atom stereocenters. The quantitative estimate of drug-likeness (QED) is 0.777. The highest BCUT2D eigenvalue weighted by molar-refractivity contribution is 5.84. The first kappa shape index (κ1) is 12.9. The van der Waals surface area contributed by atoms with Crippen molar-refractivity contribution in [2.75, 3.05) is 0 Å². The van der Waals surface area contributed by atoms with Crippen LogP contribution in [-0.2, 0) is 13.6 Å². The predicted octanol–water partition coefficient (Wildman–Crippen LogP) is 3.22. The summed E-state index contributed by atoms with van der Waals surface area (Å²) in [6, 6.07) is 6.12. The van der Waals surface area contributed by atoms with Gasteiger partial charge in [0.1, 0.15) is 17.3 Å². The van der Waals surface area contributed by atoms with Gasteiger partial charge in [0.15, 0.2) is 0 Å². The number of hydrogen-bond donors (Lipinski definition) is 1. The fourth-order valence-corrected chi connectivity index (χ4v) is 2.78. The summed E-state index contributed by atoms with van der Waals surface area (Å²) in [4.78, 5) is 4.81. The summed E-state index contributed by atoms with van der Waals surface area (Å²) in [5, 5.41) is 0. The molecule has 0 amide bonds. The molecule has 20 heavy (non-hydrogen) atoms. The van der Waals surface area contributed by atoms with E-state index in [1.807, 2.05) is 33.0 Å². The van der Waals surface area contributed by atoms with Gasteiger partial charge < -0.3 is 14.7 Å². The molecular weight excluding hydrogens is 250 g/mol. The lowest BCUT2D eigenvalue weighted by atomic mass is 10.1. The van der Waals surface area contributed by atoms with E-state index in [0.717, 1.165) is 45.1 Å². The van der Waals surface area contributed by atoms with Crippen molar-refractivity contribution >= 4 is 11.0 Å². The van der Waals surface area contributed by atoms with Gasteiger partial charge in [0, 0.05) is 19.2 Å². The van der Waals surface area contributed by atoms with Crippen LogP contribution >= 0.6 is 0 Å². The first-order valence-electron chi connectivity index (χ1n) is 6.76. The van der Waals surface area contributed by atoms with Crippen LogP contribution in [0.4, 0.5) is 0 Å². The van der Waals surface area contributed by atoms with Gasteiger partial charge in [-0.15, -0.1) is 0 Å². The number of furan rings is 1. The average Bonchev–Trinajstić information content (AvgIpc) is 2.88. The summed E-state index contributed by atoms with van der Waals surface area (Å²) in [5.41, 5.74) is 11.2. The van der Waals surface area contributed by atoms with E-state index in [1.165, 1.54) is 0 Å². The zero-order valence-electron chi connectivity index (χ0n) is 12.3. The molecule has 2 heterocycles. The topological polar surface area (TPSA) is 57.0 Å². The Bertz CT molecular complexity index is 796. The molecule has 104 valence electrons. The molecule has 0 saturated heterocycles. The van der Waals surface area contributed by atoms with Crippen LogP contribution in [0.25, 0.3) is 22.4 Å². The lowest BCUT2D eigenvalue weighted by molar-refractivity contribution is 0.503. The summed E-state index contributed by atoms with van der Waals surface area (Å²) in [5.74, 6) is 2.80. The molecule has 3 aromatic rings. The van der Waals surface area contributed by atoms with Crippen LogP contribution in [0.3, 0.4) is 0 Å². The maximum atomic E-state index is 5.81. The van der Waals surface area contributed by atoms with Gasteiger partial charge in [-0.05, 0) is 32.4 Å². The second-order valence-electron chi connectivity index (χ2n) is 5.20. The third-order valence-corrected chi connectivity index (χ3v) is 4.00. The van der Waals surface area contributed by atoms with Crippen molar-refractivity contribution in [1.29, 1.82) is 0 Å². The van der Waals surface area contributed by atoms with E-state index in [1.54, 1.807) is 0 Å². The van der Waals surface area contributed by atoms with E-state index in [4.69, 9.17) is 15.1 Å². The number of nitrogens with two attached hydrogens (primary N) is 1. The van der Waals surface area contributed by atoms with E-state index in [0.29, 0.717) is 6.54 Å². The van der Waals surface area contributed by atoms with Crippen molar-refractivity contribution in [2.45, 2.75) is 27.3 Å². The maximum absolute atomic E-state index is 5.81. The fourth-order valence-electron chi connectivity index (χ4n) is 2.78. The van der Waals surface area contributed by atoms with Gasteiger partial charge in [-0.25, -0.2) is 4.98 Å². The Morgan fingerprint density at radius 2 is 1.95 bits per heavy atom. The summed E-state index contributed by atoms with van der Waals surface area (Å²) < 4.78 is 7.84. The Morgan fingerprint density at radius 3 is 2.55 bits per heavy atom. The second-order valence-corrected chi connectivity index (χ2v) is 5.20. The standard InChI is InChI=1S/C16H19N3O/c1-9-10(2)20-11(3)14(9)16-18-15-12(8-17)6-5-7-13(15)19(16)4/h5-7H,8,17H2,1-4H3. The molecule has 0 saturated carbocycles. The van der Waals surface area contributed by atoms with Crippen molar-refractivity contribution < 1.29 is 4.42 Å². The first-order chi connectivity index (χ1) is 9.54. The molecule has 2 N–H and O–H groups in total. The molecule has 4 heteroatoms. The highest BCUT2D eigenvalue weighted by Gasteiger charge is 2.19. The highest BCUT2D eigenvalue weighted by Crippen LogP contribution is 2.33. The lowest BCUT2D eigenvalue weighted by Gasteiger charge is -2.02. The van der Waals surface area contributed by atoms with Crippen LogP contribution in [0.2, 0.25) is 0 Å². The monoisotopic (exact) mass is 269 g/mol. The number of rotatable bonds is 2. The number of aromatic nitrogens is 2. The van der Waals surface area contributed by atoms with Crippen LogP contribution in [0.1, 0.15) is 22.6 Å². The Hall–Kier alpha value is -2.07. The average molecular weight is 269 g/mol. The summed E-state index contributed by atoms with van der Waals surface area (Å²) in [6.07, 6.45) is 0. The fraction of sp³-hybridized carbons (Fsp3) is 0.312. The van der Waals surface area contributed by atoms with Crippen LogP contribution in [0.5, 0.6) is 0 Å². The molecule has 0 bridgehead atoms. The Morgan fingerprint density at radius 1 is 1.20 bits per heavy atom. The van der Waals surface area contributed by atoms with Crippen LogP contribution in [0.15, 0.2) is 22.6 Å². The van der Waals surface area contributed by atoms with Crippen LogP contribution in [0, 0.1) is 20.8 Å². The van der Waals surface area contributed by atoms with Gasteiger partial charge >= 0.3 is 0 Å². The molecule has 0 aliphatic heterocycles. The van der Waals surface area contributed by atoms with E-state index in [9.17, 15) is 0 Å².